The van der Waals surface area contributed by atoms with Gasteiger partial charge in [-0.15, -0.1) is 0 Å². The van der Waals surface area contributed by atoms with Gasteiger partial charge in [0.2, 0.25) is 0 Å². The summed E-state index contributed by atoms with van der Waals surface area (Å²) in [5.41, 5.74) is 0.488. The van der Waals surface area contributed by atoms with Crippen molar-refractivity contribution in [2.24, 2.45) is 0 Å². The zero-order chi connectivity index (χ0) is 12.8. The molecule has 0 spiro atoms. The second-order valence-corrected chi connectivity index (χ2v) is 3.37. The van der Waals surface area contributed by atoms with Crippen LogP contribution in [0.3, 0.4) is 0 Å². The first-order valence-corrected chi connectivity index (χ1v) is 5.45. The maximum atomic E-state index is 11.4. The van der Waals surface area contributed by atoms with Crippen LogP contribution in [-0.4, -0.2) is 22.7 Å². The molecule has 0 aliphatic heterocycles. The van der Waals surface area contributed by atoms with Crippen molar-refractivity contribution >= 4 is 5.97 Å². The molecule has 0 atom stereocenters. The van der Waals surface area contributed by atoms with Crippen LogP contribution in [0.4, 0.5) is 0 Å². The molecule has 0 saturated carbocycles. The van der Waals surface area contributed by atoms with Gasteiger partial charge in [0.05, 0.1) is 12.2 Å². The van der Waals surface area contributed by atoms with Crippen LogP contribution in [-0.2, 0) is 11.3 Å². The first kappa shape index (κ1) is 12.1. The fraction of sp³-hybridized carbons (Fsp3) is 0.250. The van der Waals surface area contributed by atoms with E-state index in [-0.39, 0.29) is 12.6 Å². The monoisotopic (exact) mass is 248 g/mol. The Balaban J connectivity index is 1.93. The van der Waals surface area contributed by atoms with Crippen molar-refractivity contribution in [3.8, 4) is 5.75 Å². The van der Waals surface area contributed by atoms with Gasteiger partial charge >= 0.3 is 5.97 Å². The number of benzene rings is 1. The average Bonchev–Trinajstić information content (AvgIpc) is 2.90. The van der Waals surface area contributed by atoms with E-state index in [1.807, 2.05) is 0 Å². The van der Waals surface area contributed by atoms with Crippen LogP contribution in [0.25, 0.3) is 0 Å². The van der Waals surface area contributed by atoms with Crippen molar-refractivity contribution in [1.82, 2.24) is 10.1 Å². The number of nitrogens with zero attached hydrogens (tertiary/aromatic N) is 2. The molecule has 0 aliphatic carbocycles. The summed E-state index contributed by atoms with van der Waals surface area (Å²) in [5.74, 6) is 0.659. The van der Waals surface area contributed by atoms with Gasteiger partial charge in [-0.05, 0) is 31.2 Å². The van der Waals surface area contributed by atoms with Gasteiger partial charge in [-0.3, -0.25) is 0 Å². The van der Waals surface area contributed by atoms with Crippen LogP contribution in [0.15, 0.2) is 35.1 Å². The van der Waals surface area contributed by atoms with Crippen molar-refractivity contribution < 1.29 is 18.8 Å². The van der Waals surface area contributed by atoms with Crippen molar-refractivity contribution in [2.45, 2.75) is 13.5 Å². The minimum Gasteiger partial charge on any atom is -0.484 e. The maximum absolute atomic E-state index is 11.4. The minimum absolute atomic E-state index is 0.193. The van der Waals surface area contributed by atoms with Gasteiger partial charge in [-0.2, -0.15) is 4.98 Å². The molecule has 0 saturated heterocycles. The molecule has 6 heteroatoms. The number of ether oxygens (including phenoxy) is 2. The van der Waals surface area contributed by atoms with Gasteiger partial charge in [0, 0.05) is 0 Å². The smallest absolute Gasteiger partial charge is 0.338 e. The van der Waals surface area contributed by atoms with Crippen LogP contribution in [0.2, 0.25) is 0 Å². The lowest BCUT2D eigenvalue weighted by molar-refractivity contribution is 0.0526. The molecule has 2 rings (SSSR count). The molecule has 2 aromatic rings. The lowest BCUT2D eigenvalue weighted by atomic mass is 10.2. The summed E-state index contributed by atoms with van der Waals surface area (Å²) in [5, 5.41) is 3.46. The van der Waals surface area contributed by atoms with Gasteiger partial charge in [0.25, 0.3) is 5.89 Å². The van der Waals surface area contributed by atoms with E-state index in [0.29, 0.717) is 23.8 Å². The van der Waals surface area contributed by atoms with E-state index in [1.54, 1.807) is 31.2 Å². The molecular weight excluding hydrogens is 236 g/mol. The number of carbonyl (C=O) groups is 1. The summed E-state index contributed by atoms with van der Waals surface area (Å²) in [4.78, 5) is 15.2. The zero-order valence-corrected chi connectivity index (χ0v) is 9.83. The van der Waals surface area contributed by atoms with E-state index in [4.69, 9.17) is 14.0 Å². The molecule has 0 bridgehead atoms. The fourth-order valence-corrected chi connectivity index (χ4v) is 1.31. The Hall–Kier alpha value is -2.37. The number of rotatable bonds is 5. The molecule has 0 N–H and O–H groups in total. The maximum Gasteiger partial charge on any atom is 0.338 e. The summed E-state index contributed by atoms with van der Waals surface area (Å²) < 4.78 is 15.1. The van der Waals surface area contributed by atoms with E-state index in [0.717, 1.165) is 0 Å². The fourth-order valence-electron chi connectivity index (χ4n) is 1.31. The molecule has 0 fully saturated rings. The highest BCUT2D eigenvalue weighted by Crippen LogP contribution is 2.14. The Bertz CT molecular complexity index is 493. The normalized spacial score (nSPS) is 10.1. The molecule has 1 aromatic carbocycles. The summed E-state index contributed by atoms with van der Waals surface area (Å²) in [7, 11) is 0. The third kappa shape index (κ3) is 3.07. The molecule has 18 heavy (non-hydrogen) atoms. The van der Waals surface area contributed by atoms with E-state index in [2.05, 4.69) is 10.1 Å². The summed E-state index contributed by atoms with van der Waals surface area (Å²) in [6.07, 6.45) is 1.31. The zero-order valence-electron chi connectivity index (χ0n) is 9.83. The highest BCUT2D eigenvalue weighted by Gasteiger charge is 2.06. The molecule has 1 aromatic heterocycles. The second-order valence-electron chi connectivity index (χ2n) is 3.37. The molecule has 0 radical (unpaired) electrons. The number of esters is 1. The largest absolute Gasteiger partial charge is 0.484 e. The molecule has 1 heterocycles. The molecule has 94 valence electrons. The Morgan fingerprint density at radius 3 is 2.72 bits per heavy atom. The van der Waals surface area contributed by atoms with Gasteiger partial charge in [0.15, 0.2) is 12.9 Å². The predicted molar refractivity (Wildman–Crippen MR) is 61.0 cm³/mol. The molecule has 0 amide bonds. The lowest BCUT2D eigenvalue weighted by Gasteiger charge is -2.04. The van der Waals surface area contributed by atoms with E-state index in [1.165, 1.54) is 6.33 Å². The third-order valence-corrected chi connectivity index (χ3v) is 2.13. The quantitative estimate of drug-likeness (QED) is 0.751. The lowest BCUT2D eigenvalue weighted by Crippen LogP contribution is -2.04. The van der Waals surface area contributed by atoms with Crippen molar-refractivity contribution in [3.63, 3.8) is 0 Å². The van der Waals surface area contributed by atoms with Crippen LogP contribution >= 0.6 is 0 Å². The van der Waals surface area contributed by atoms with Crippen LogP contribution in [0.1, 0.15) is 23.2 Å². The molecule has 0 aliphatic rings. The second kappa shape index (κ2) is 5.81. The highest BCUT2D eigenvalue weighted by molar-refractivity contribution is 5.89. The van der Waals surface area contributed by atoms with Crippen LogP contribution < -0.4 is 4.74 Å². The van der Waals surface area contributed by atoms with E-state index >= 15 is 0 Å². The number of hydrogen-bond donors (Lipinski definition) is 0. The predicted octanol–water partition coefficient (Wildman–Crippen LogP) is 1.83. The van der Waals surface area contributed by atoms with Gasteiger partial charge in [-0.25, -0.2) is 4.79 Å². The molecule has 6 nitrogen and oxygen atoms in total. The van der Waals surface area contributed by atoms with Gasteiger partial charge < -0.3 is 14.0 Å². The topological polar surface area (TPSA) is 74.5 Å². The molecular formula is C12H12N2O4. The highest BCUT2D eigenvalue weighted by atomic mass is 16.5. The summed E-state index contributed by atoms with van der Waals surface area (Å²) in [6.45, 7) is 2.31. The van der Waals surface area contributed by atoms with Gasteiger partial charge in [-0.1, -0.05) is 5.16 Å². The Morgan fingerprint density at radius 1 is 1.33 bits per heavy atom. The SMILES string of the molecule is CCOC(=O)c1ccc(OCc2ncno2)cc1. The van der Waals surface area contributed by atoms with Gasteiger partial charge in [0.1, 0.15) is 5.75 Å². The average molecular weight is 248 g/mol. The first-order chi connectivity index (χ1) is 8.79. The first-order valence-electron chi connectivity index (χ1n) is 5.45. The Kier molecular flexibility index (Phi) is 3.90. The third-order valence-electron chi connectivity index (χ3n) is 2.13. The number of aromatic nitrogens is 2. The van der Waals surface area contributed by atoms with Crippen molar-refractivity contribution in [2.75, 3.05) is 6.61 Å². The number of carbonyl (C=O) groups excluding carboxylic acids is 1. The van der Waals surface area contributed by atoms with E-state index in [9.17, 15) is 4.79 Å². The Labute approximate surface area is 104 Å². The van der Waals surface area contributed by atoms with Crippen molar-refractivity contribution in [1.29, 1.82) is 0 Å². The number of hydrogen-bond acceptors (Lipinski definition) is 6. The van der Waals surface area contributed by atoms with Crippen LogP contribution in [0, 0.1) is 0 Å². The van der Waals surface area contributed by atoms with Crippen molar-refractivity contribution in [3.05, 3.63) is 42.0 Å². The molecule has 0 unspecified atom stereocenters. The summed E-state index contributed by atoms with van der Waals surface area (Å²) in [6, 6.07) is 6.65. The van der Waals surface area contributed by atoms with E-state index < -0.39 is 0 Å². The summed E-state index contributed by atoms with van der Waals surface area (Å²) >= 11 is 0. The standard InChI is InChI=1S/C12H12N2O4/c1-2-16-12(15)9-3-5-10(6-4-9)17-7-11-13-8-14-18-11/h3-6,8H,2,7H2,1H3. The minimum atomic E-state index is -0.346. The Morgan fingerprint density at radius 2 is 2.11 bits per heavy atom. The van der Waals surface area contributed by atoms with Crippen LogP contribution in [0.5, 0.6) is 5.75 Å².